The van der Waals surface area contributed by atoms with E-state index in [2.05, 4.69) is 15.3 Å². The van der Waals surface area contributed by atoms with Crippen molar-refractivity contribution in [2.24, 2.45) is 0 Å². The lowest BCUT2D eigenvalue weighted by atomic mass is 10.1. The van der Waals surface area contributed by atoms with Crippen molar-refractivity contribution in [3.63, 3.8) is 0 Å². The molecular formula is C22H18N4O2S2. The predicted molar refractivity (Wildman–Crippen MR) is 123 cm³/mol. The number of anilines is 1. The Morgan fingerprint density at radius 1 is 1.17 bits per heavy atom. The van der Waals surface area contributed by atoms with Gasteiger partial charge >= 0.3 is 0 Å². The molecule has 2 heterocycles. The number of thioether (sulfide) groups is 1. The van der Waals surface area contributed by atoms with Gasteiger partial charge in [0.25, 0.3) is 11.8 Å². The fourth-order valence-corrected chi connectivity index (χ4v) is 4.28. The number of nitrogens with one attached hydrogen (secondary N) is 2. The molecule has 2 N–H and O–H groups in total. The van der Waals surface area contributed by atoms with E-state index in [-0.39, 0.29) is 11.8 Å². The number of aromatic amines is 1. The van der Waals surface area contributed by atoms with Crippen LogP contribution in [0.25, 0.3) is 6.08 Å². The Kier molecular flexibility index (Phi) is 6.06. The summed E-state index contributed by atoms with van der Waals surface area (Å²) < 4.78 is 0.505. The Balaban J connectivity index is 1.40. The highest BCUT2D eigenvalue weighted by Gasteiger charge is 2.33. The number of aromatic nitrogens is 2. The molecule has 0 bridgehead atoms. The summed E-state index contributed by atoms with van der Waals surface area (Å²) in [6.07, 6.45) is 5.83. The molecule has 6 nitrogen and oxygen atoms in total. The first-order valence-electron chi connectivity index (χ1n) is 9.30. The molecule has 0 saturated carbocycles. The number of nitrogens with zero attached hydrogens (tertiary/aromatic N) is 2. The lowest BCUT2D eigenvalue weighted by Gasteiger charge is -2.13. The first-order chi connectivity index (χ1) is 14.6. The standard InChI is InChI=1S/C22H18N4O2S2/c27-20(24-11-10-17-13-23-14-25-17)16-8-6-15(7-9-16)12-19-21(28)26(22(29)30-19)18-4-2-1-3-5-18/h1-9,12-14H,10-11H2,(H,23,25)(H,24,27). The van der Waals surface area contributed by atoms with Gasteiger partial charge in [-0.15, -0.1) is 0 Å². The molecule has 0 aliphatic carbocycles. The topological polar surface area (TPSA) is 78.1 Å². The number of H-pyrrole nitrogens is 1. The highest BCUT2D eigenvalue weighted by atomic mass is 32.2. The molecule has 1 aliphatic heterocycles. The van der Waals surface area contributed by atoms with Gasteiger partial charge in [0.2, 0.25) is 0 Å². The fraction of sp³-hybridized carbons (Fsp3) is 0.0909. The van der Waals surface area contributed by atoms with Gasteiger partial charge in [0, 0.05) is 30.4 Å². The maximum Gasteiger partial charge on any atom is 0.270 e. The molecular weight excluding hydrogens is 416 g/mol. The number of para-hydroxylation sites is 1. The lowest BCUT2D eigenvalue weighted by molar-refractivity contribution is -0.113. The van der Waals surface area contributed by atoms with Crippen LogP contribution in [0.15, 0.2) is 72.0 Å². The second kappa shape index (κ2) is 9.06. The number of carbonyl (C=O) groups is 2. The first-order valence-corrected chi connectivity index (χ1v) is 10.5. The third-order valence-corrected chi connectivity index (χ3v) is 5.82. The van der Waals surface area contributed by atoms with Gasteiger partial charge in [-0.2, -0.15) is 0 Å². The molecule has 0 unspecified atom stereocenters. The van der Waals surface area contributed by atoms with Gasteiger partial charge in [-0.1, -0.05) is 54.3 Å². The molecule has 0 radical (unpaired) electrons. The van der Waals surface area contributed by atoms with Crippen molar-refractivity contribution in [3.8, 4) is 0 Å². The fourth-order valence-electron chi connectivity index (χ4n) is 2.98. The third-order valence-electron chi connectivity index (χ3n) is 4.51. The molecule has 2 amide bonds. The average molecular weight is 435 g/mol. The molecule has 1 fully saturated rings. The summed E-state index contributed by atoms with van der Waals surface area (Å²) in [5.74, 6) is -0.284. The summed E-state index contributed by atoms with van der Waals surface area (Å²) in [6, 6.07) is 16.5. The average Bonchev–Trinajstić information content (AvgIpc) is 3.37. The van der Waals surface area contributed by atoms with Crippen molar-refractivity contribution < 1.29 is 9.59 Å². The van der Waals surface area contributed by atoms with Crippen LogP contribution in [0.5, 0.6) is 0 Å². The van der Waals surface area contributed by atoms with E-state index in [0.717, 1.165) is 16.9 Å². The maximum atomic E-state index is 12.8. The number of hydrogen-bond donors (Lipinski definition) is 2. The van der Waals surface area contributed by atoms with Gasteiger partial charge in [-0.25, -0.2) is 4.98 Å². The Morgan fingerprint density at radius 2 is 1.93 bits per heavy atom. The van der Waals surface area contributed by atoms with Crippen LogP contribution in [0.3, 0.4) is 0 Å². The second-order valence-corrected chi connectivity index (χ2v) is 8.23. The number of benzene rings is 2. The first kappa shape index (κ1) is 20.1. The molecule has 1 saturated heterocycles. The van der Waals surface area contributed by atoms with E-state index in [9.17, 15) is 9.59 Å². The van der Waals surface area contributed by atoms with E-state index in [0.29, 0.717) is 27.8 Å². The van der Waals surface area contributed by atoms with Gasteiger partial charge < -0.3 is 10.3 Å². The van der Waals surface area contributed by atoms with Crippen molar-refractivity contribution in [2.75, 3.05) is 11.4 Å². The van der Waals surface area contributed by atoms with Crippen molar-refractivity contribution in [1.29, 1.82) is 0 Å². The van der Waals surface area contributed by atoms with Crippen LogP contribution in [0, 0.1) is 0 Å². The van der Waals surface area contributed by atoms with Crippen LogP contribution < -0.4 is 10.2 Å². The minimum atomic E-state index is -0.142. The van der Waals surface area contributed by atoms with Crippen LogP contribution >= 0.6 is 24.0 Å². The normalized spacial score (nSPS) is 15.1. The highest BCUT2D eigenvalue weighted by molar-refractivity contribution is 8.27. The van der Waals surface area contributed by atoms with E-state index in [1.807, 2.05) is 42.5 Å². The van der Waals surface area contributed by atoms with E-state index in [4.69, 9.17) is 12.2 Å². The minimum absolute atomic E-state index is 0.142. The molecule has 8 heteroatoms. The van der Waals surface area contributed by atoms with Gasteiger partial charge in [0.15, 0.2) is 4.32 Å². The van der Waals surface area contributed by atoms with Crippen LogP contribution in [-0.2, 0) is 11.2 Å². The minimum Gasteiger partial charge on any atom is -0.352 e. The number of carbonyl (C=O) groups excluding carboxylic acids is 2. The number of amides is 2. The van der Waals surface area contributed by atoms with E-state index >= 15 is 0 Å². The summed E-state index contributed by atoms with van der Waals surface area (Å²) in [5, 5.41) is 2.88. The van der Waals surface area contributed by atoms with Crippen LogP contribution in [0.4, 0.5) is 5.69 Å². The number of rotatable bonds is 6. The summed E-state index contributed by atoms with van der Waals surface area (Å²) in [5.41, 5.74) is 3.12. The Bertz CT molecular complexity index is 1090. The zero-order chi connectivity index (χ0) is 20.9. The van der Waals surface area contributed by atoms with Gasteiger partial charge in [0.05, 0.1) is 16.9 Å². The third kappa shape index (κ3) is 4.50. The quantitative estimate of drug-likeness (QED) is 0.456. The number of hydrogen-bond acceptors (Lipinski definition) is 5. The molecule has 30 heavy (non-hydrogen) atoms. The van der Waals surface area contributed by atoms with Gasteiger partial charge in [-0.3, -0.25) is 14.5 Å². The predicted octanol–water partition coefficient (Wildman–Crippen LogP) is 3.79. The molecule has 4 rings (SSSR count). The van der Waals surface area contributed by atoms with Crippen LogP contribution in [-0.4, -0.2) is 32.6 Å². The van der Waals surface area contributed by atoms with E-state index in [1.165, 1.54) is 16.7 Å². The Labute approximate surface area is 183 Å². The van der Waals surface area contributed by atoms with E-state index < -0.39 is 0 Å². The maximum absolute atomic E-state index is 12.8. The molecule has 2 aromatic carbocycles. The summed E-state index contributed by atoms with van der Waals surface area (Å²) in [7, 11) is 0. The molecule has 150 valence electrons. The molecule has 1 aliphatic rings. The summed E-state index contributed by atoms with van der Waals surface area (Å²) >= 11 is 6.66. The van der Waals surface area contributed by atoms with Crippen molar-refractivity contribution >= 4 is 51.9 Å². The van der Waals surface area contributed by atoms with Gasteiger partial charge in [0.1, 0.15) is 0 Å². The highest BCUT2D eigenvalue weighted by Crippen LogP contribution is 2.35. The molecule has 3 aromatic rings. The van der Waals surface area contributed by atoms with Gasteiger partial charge in [-0.05, 0) is 35.9 Å². The van der Waals surface area contributed by atoms with Crippen LogP contribution in [0.2, 0.25) is 0 Å². The second-order valence-electron chi connectivity index (χ2n) is 6.56. The SMILES string of the molecule is O=C(NCCc1cnc[nH]1)c1ccc(C=C2SC(=S)N(c3ccccc3)C2=O)cc1. The number of thiocarbonyl (C=S) groups is 1. The molecule has 0 spiro atoms. The monoisotopic (exact) mass is 434 g/mol. The molecule has 1 aromatic heterocycles. The Morgan fingerprint density at radius 3 is 2.63 bits per heavy atom. The van der Waals surface area contributed by atoms with E-state index in [1.54, 1.807) is 30.7 Å². The van der Waals surface area contributed by atoms with Crippen molar-refractivity contribution in [2.45, 2.75) is 6.42 Å². The summed E-state index contributed by atoms with van der Waals surface area (Å²) in [4.78, 5) is 34.1. The summed E-state index contributed by atoms with van der Waals surface area (Å²) in [6.45, 7) is 0.519. The van der Waals surface area contributed by atoms with Crippen molar-refractivity contribution in [1.82, 2.24) is 15.3 Å². The number of imidazole rings is 1. The Hall–Kier alpha value is -3.23. The van der Waals surface area contributed by atoms with Crippen molar-refractivity contribution in [3.05, 3.63) is 88.8 Å². The zero-order valence-corrected chi connectivity index (χ0v) is 17.5. The van der Waals surface area contributed by atoms with Crippen LogP contribution in [0.1, 0.15) is 21.6 Å². The largest absolute Gasteiger partial charge is 0.352 e. The smallest absolute Gasteiger partial charge is 0.270 e. The molecule has 0 atom stereocenters. The zero-order valence-electron chi connectivity index (χ0n) is 15.9. The lowest BCUT2D eigenvalue weighted by Crippen LogP contribution is -2.27.